The molecule has 18 heavy (non-hydrogen) atoms. The van der Waals surface area contributed by atoms with Gasteiger partial charge in [0.15, 0.2) is 11.6 Å². The maximum Gasteiger partial charge on any atom is 0.167 e. The number of ether oxygens (including phenoxy) is 1. The summed E-state index contributed by atoms with van der Waals surface area (Å²) in [5.41, 5.74) is 6.69. The third kappa shape index (κ3) is 2.64. The topological polar surface area (TPSA) is 53.1 Å². The summed E-state index contributed by atoms with van der Waals surface area (Å²) >= 11 is 3.30. The number of anilines is 1. The molecule has 6 heteroatoms. The zero-order valence-electron chi connectivity index (χ0n) is 9.86. The van der Waals surface area contributed by atoms with E-state index in [1.807, 2.05) is 6.92 Å². The molecule has 96 valence electrons. The van der Waals surface area contributed by atoms with Crippen molar-refractivity contribution in [3.8, 4) is 11.4 Å². The SMILES string of the molecule is CCCOc1cc(-n2cc(Br)cn2)c(N)cc1F. The molecule has 0 unspecified atom stereocenters. The molecule has 0 bridgehead atoms. The molecule has 2 N–H and O–H groups in total. The fourth-order valence-corrected chi connectivity index (χ4v) is 1.80. The molecule has 1 aromatic heterocycles. The van der Waals surface area contributed by atoms with E-state index in [9.17, 15) is 4.39 Å². The number of rotatable bonds is 4. The highest BCUT2D eigenvalue weighted by atomic mass is 79.9. The van der Waals surface area contributed by atoms with Crippen molar-refractivity contribution < 1.29 is 9.13 Å². The fourth-order valence-electron chi connectivity index (χ4n) is 1.51. The molecule has 0 aliphatic heterocycles. The van der Waals surface area contributed by atoms with E-state index in [0.29, 0.717) is 18.0 Å². The van der Waals surface area contributed by atoms with E-state index in [4.69, 9.17) is 10.5 Å². The molecule has 0 atom stereocenters. The van der Waals surface area contributed by atoms with Crippen molar-refractivity contribution in [2.24, 2.45) is 0 Å². The predicted octanol–water partition coefficient (Wildman–Crippen LogP) is 3.14. The molecule has 0 radical (unpaired) electrons. The van der Waals surface area contributed by atoms with Crippen molar-refractivity contribution in [1.82, 2.24) is 9.78 Å². The number of halogens is 2. The van der Waals surface area contributed by atoms with Gasteiger partial charge in [0, 0.05) is 18.3 Å². The standard InChI is InChI=1S/C12H13BrFN3O/c1-2-3-18-12-5-11(10(15)4-9(12)14)17-7-8(13)6-16-17/h4-7H,2-3,15H2,1H3. The second-order valence-electron chi connectivity index (χ2n) is 3.79. The smallest absolute Gasteiger partial charge is 0.167 e. The number of benzene rings is 1. The van der Waals surface area contributed by atoms with E-state index in [1.54, 1.807) is 23.1 Å². The molecule has 0 spiro atoms. The van der Waals surface area contributed by atoms with Crippen LogP contribution in [0.15, 0.2) is 29.0 Å². The molecule has 0 saturated carbocycles. The molecule has 1 heterocycles. The Morgan fingerprint density at radius 3 is 2.89 bits per heavy atom. The normalized spacial score (nSPS) is 10.6. The van der Waals surface area contributed by atoms with Gasteiger partial charge in [-0.25, -0.2) is 9.07 Å². The minimum absolute atomic E-state index is 0.188. The van der Waals surface area contributed by atoms with Crippen molar-refractivity contribution in [2.45, 2.75) is 13.3 Å². The van der Waals surface area contributed by atoms with Crippen LogP contribution in [-0.2, 0) is 0 Å². The van der Waals surface area contributed by atoms with Crippen LogP contribution in [0, 0.1) is 5.82 Å². The van der Waals surface area contributed by atoms with E-state index in [0.717, 1.165) is 10.9 Å². The zero-order valence-corrected chi connectivity index (χ0v) is 11.4. The molecule has 2 rings (SSSR count). The van der Waals surface area contributed by atoms with Gasteiger partial charge in [-0.3, -0.25) is 0 Å². The molecule has 4 nitrogen and oxygen atoms in total. The first kappa shape index (κ1) is 12.9. The van der Waals surface area contributed by atoms with Gasteiger partial charge in [-0.1, -0.05) is 6.92 Å². The average molecular weight is 314 g/mol. The number of nitrogen functional groups attached to an aromatic ring is 1. The predicted molar refractivity (Wildman–Crippen MR) is 71.4 cm³/mol. The summed E-state index contributed by atoms with van der Waals surface area (Å²) < 4.78 is 21.3. The van der Waals surface area contributed by atoms with Crippen molar-refractivity contribution in [2.75, 3.05) is 12.3 Å². The molecule has 0 saturated heterocycles. The van der Waals surface area contributed by atoms with Crippen LogP contribution in [0.25, 0.3) is 5.69 Å². The maximum atomic E-state index is 13.6. The van der Waals surface area contributed by atoms with Gasteiger partial charge in [-0.05, 0) is 22.4 Å². The van der Waals surface area contributed by atoms with Crippen molar-refractivity contribution in [3.05, 3.63) is 34.8 Å². The number of hydrogen-bond acceptors (Lipinski definition) is 3. The molecule has 0 fully saturated rings. The first-order chi connectivity index (χ1) is 8.61. The summed E-state index contributed by atoms with van der Waals surface area (Å²) in [4.78, 5) is 0. The summed E-state index contributed by atoms with van der Waals surface area (Å²) in [5, 5.41) is 4.11. The second kappa shape index (κ2) is 5.39. The van der Waals surface area contributed by atoms with Crippen molar-refractivity contribution in [3.63, 3.8) is 0 Å². The van der Waals surface area contributed by atoms with Crippen LogP contribution in [0.3, 0.4) is 0 Å². The van der Waals surface area contributed by atoms with Gasteiger partial charge in [0.05, 0.1) is 28.7 Å². The lowest BCUT2D eigenvalue weighted by Gasteiger charge is -2.11. The van der Waals surface area contributed by atoms with Crippen LogP contribution in [0.4, 0.5) is 10.1 Å². The van der Waals surface area contributed by atoms with E-state index in [-0.39, 0.29) is 5.75 Å². The zero-order chi connectivity index (χ0) is 13.1. The molecule has 0 aliphatic carbocycles. The van der Waals surface area contributed by atoms with Crippen molar-refractivity contribution in [1.29, 1.82) is 0 Å². The van der Waals surface area contributed by atoms with E-state index in [2.05, 4.69) is 21.0 Å². The first-order valence-corrected chi connectivity index (χ1v) is 6.33. The van der Waals surface area contributed by atoms with Gasteiger partial charge in [0.25, 0.3) is 0 Å². The molecule has 1 aromatic carbocycles. The summed E-state index contributed by atoms with van der Waals surface area (Å²) in [6, 6.07) is 2.80. The lowest BCUT2D eigenvalue weighted by atomic mass is 10.2. The summed E-state index contributed by atoms with van der Waals surface area (Å²) in [6.45, 7) is 2.42. The van der Waals surface area contributed by atoms with Crippen molar-refractivity contribution >= 4 is 21.6 Å². The largest absolute Gasteiger partial charge is 0.490 e. The van der Waals surface area contributed by atoms with Gasteiger partial charge in [-0.15, -0.1) is 0 Å². The highest BCUT2D eigenvalue weighted by Gasteiger charge is 2.11. The van der Waals surface area contributed by atoms with E-state index < -0.39 is 5.82 Å². The number of nitrogens with two attached hydrogens (primary N) is 1. The van der Waals surface area contributed by atoms with E-state index >= 15 is 0 Å². The van der Waals surface area contributed by atoms with Gasteiger partial charge < -0.3 is 10.5 Å². The van der Waals surface area contributed by atoms with Crippen LogP contribution < -0.4 is 10.5 Å². The monoisotopic (exact) mass is 313 g/mol. The molecular formula is C12H13BrFN3O. The minimum atomic E-state index is -0.462. The lowest BCUT2D eigenvalue weighted by Crippen LogP contribution is -2.04. The van der Waals surface area contributed by atoms with Gasteiger partial charge >= 0.3 is 0 Å². The number of hydrogen-bond donors (Lipinski definition) is 1. The maximum absolute atomic E-state index is 13.6. The third-order valence-corrected chi connectivity index (χ3v) is 2.75. The summed E-state index contributed by atoms with van der Waals surface area (Å²) in [5.74, 6) is -0.274. The Labute approximate surface area is 113 Å². The Bertz CT molecular complexity index is 556. The fraction of sp³-hybridized carbons (Fsp3) is 0.250. The van der Waals surface area contributed by atoms with Crippen LogP contribution in [0.2, 0.25) is 0 Å². The van der Waals surface area contributed by atoms with Crippen LogP contribution >= 0.6 is 15.9 Å². The van der Waals surface area contributed by atoms with Crippen LogP contribution in [-0.4, -0.2) is 16.4 Å². The average Bonchev–Trinajstić information content (AvgIpc) is 2.74. The Hall–Kier alpha value is -1.56. The molecular weight excluding hydrogens is 301 g/mol. The second-order valence-corrected chi connectivity index (χ2v) is 4.71. The van der Waals surface area contributed by atoms with E-state index in [1.165, 1.54) is 6.07 Å². The number of nitrogens with zero attached hydrogens (tertiary/aromatic N) is 2. The Balaban J connectivity index is 2.41. The van der Waals surface area contributed by atoms with Gasteiger partial charge in [0.2, 0.25) is 0 Å². The third-order valence-electron chi connectivity index (χ3n) is 2.34. The molecule has 2 aromatic rings. The van der Waals surface area contributed by atoms with Crippen LogP contribution in [0.1, 0.15) is 13.3 Å². The van der Waals surface area contributed by atoms with Gasteiger partial charge in [0.1, 0.15) is 0 Å². The quantitative estimate of drug-likeness (QED) is 0.882. The minimum Gasteiger partial charge on any atom is -0.490 e. The number of aromatic nitrogens is 2. The first-order valence-electron chi connectivity index (χ1n) is 5.54. The molecule has 0 amide bonds. The van der Waals surface area contributed by atoms with Gasteiger partial charge in [-0.2, -0.15) is 5.10 Å². The Morgan fingerprint density at radius 1 is 1.50 bits per heavy atom. The van der Waals surface area contributed by atoms with Crippen LogP contribution in [0.5, 0.6) is 5.75 Å². The summed E-state index contributed by atoms with van der Waals surface area (Å²) in [7, 11) is 0. The summed E-state index contributed by atoms with van der Waals surface area (Å²) in [6.07, 6.45) is 4.19. The Kier molecular flexibility index (Phi) is 3.86. The molecule has 0 aliphatic rings. The lowest BCUT2D eigenvalue weighted by molar-refractivity contribution is 0.301. The highest BCUT2D eigenvalue weighted by molar-refractivity contribution is 9.10. The Morgan fingerprint density at radius 2 is 2.28 bits per heavy atom. The highest BCUT2D eigenvalue weighted by Crippen LogP contribution is 2.27.